The molecule has 5 heteroatoms. The van der Waals surface area contributed by atoms with E-state index in [1.165, 1.54) is 0 Å². The molecule has 2 rings (SSSR count). The fraction of sp³-hybridized carbons (Fsp3) is 0.300. The van der Waals surface area contributed by atoms with Gasteiger partial charge in [0.1, 0.15) is 17.4 Å². The molecule has 4 N–H and O–H groups in total. The van der Waals surface area contributed by atoms with E-state index in [2.05, 4.69) is 11.1 Å². The number of ether oxygens (including phenoxy) is 1. The highest BCUT2D eigenvalue weighted by Gasteiger charge is 2.20. The van der Waals surface area contributed by atoms with Crippen molar-refractivity contribution in [1.29, 1.82) is 10.7 Å². The average molecular weight is 336 g/mol. The number of H-pyrrole nitrogens is 1. The van der Waals surface area contributed by atoms with Gasteiger partial charge in [-0.05, 0) is 50.5 Å². The van der Waals surface area contributed by atoms with Crippen LogP contribution in [0.15, 0.2) is 17.7 Å². The summed E-state index contributed by atoms with van der Waals surface area (Å²) in [5, 5.41) is 17.4. The van der Waals surface area contributed by atoms with Gasteiger partial charge in [-0.25, -0.2) is 0 Å². The molecule has 1 heterocycles. The summed E-state index contributed by atoms with van der Waals surface area (Å²) in [4.78, 5) is 3.29. The number of nitrogen functional groups attached to an aromatic ring is 1. The Labute approximate surface area is 148 Å². The van der Waals surface area contributed by atoms with Gasteiger partial charge in [0.15, 0.2) is 0 Å². The zero-order chi connectivity index (χ0) is 18.7. The van der Waals surface area contributed by atoms with Crippen molar-refractivity contribution in [3.8, 4) is 23.1 Å². The lowest BCUT2D eigenvalue weighted by molar-refractivity contribution is 0.412. The van der Waals surface area contributed by atoms with Gasteiger partial charge in [-0.2, -0.15) is 5.26 Å². The molecule has 0 atom stereocenters. The molecule has 0 spiro atoms. The lowest BCUT2D eigenvalue weighted by atomic mass is 9.98. The number of aryl methyl sites for hydroxylation is 1. The predicted octanol–water partition coefficient (Wildman–Crippen LogP) is 4.59. The van der Waals surface area contributed by atoms with Crippen LogP contribution in [0.2, 0.25) is 0 Å². The number of hydrogen-bond donors (Lipinski definition) is 3. The summed E-state index contributed by atoms with van der Waals surface area (Å²) in [5.74, 6) is 0.773. The van der Waals surface area contributed by atoms with Gasteiger partial charge in [-0.15, -0.1) is 0 Å². The van der Waals surface area contributed by atoms with Crippen LogP contribution >= 0.6 is 0 Å². The first-order chi connectivity index (χ1) is 11.8. The van der Waals surface area contributed by atoms with Crippen molar-refractivity contribution in [2.24, 2.45) is 0 Å². The molecule has 0 fully saturated rings. The summed E-state index contributed by atoms with van der Waals surface area (Å²) >= 11 is 0. The fourth-order valence-electron chi connectivity index (χ4n) is 3.04. The third-order valence-corrected chi connectivity index (χ3v) is 4.45. The second-order valence-corrected chi connectivity index (χ2v) is 6.05. The summed E-state index contributed by atoms with van der Waals surface area (Å²) < 4.78 is 5.42. The zero-order valence-electron chi connectivity index (χ0n) is 15.4. The lowest BCUT2D eigenvalue weighted by Gasteiger charge is -2.13. The van der Waals surface area contributed by atoms with Gasteiger partial charge in [0.25, 0.3) is 0 Å². The first-order valence-electron chi connectivity index (χ1n) is 8.17. The van der Waals surface area contributed by atoms with Gasteiger partial charge in [0, 0.05) is 16.8 Å². The van der Waals surface area contributed by atoms with Crippen LogP contribution in [0.4, 0.5) is 5.69 Å². The highest BCUT2D eigenvalue weighted by Crippen LogP contribution is 2.38. The minimum Gasteiger partial charge on any atom is -0.496 e. The number of nitrogens with zero attached hydrogens (tertiary/aromatic N) is 1. The zero-order valence-corrected chi connectivity index (χ0v) is 15.4. The SMILES string of the molecule is CC/C(=C/c1[nH]c(-c2c(C)ccc(OC)c2C)c(N)c1C#N)C(C)=N. The second-order valence-electron chi connectivity index (χ2n) is 6.05. The van der Waals surface area contributed by atoms with Gasteiger partial charge in [0.05, 0.1) is 24.2 Å². The Balaban J connectivity index is 2.75. The molecular formula is C20H24N4O. The normalized spacial score (nSPS) is 11.3. The van der Waals surface area contributed by atoms with Gasteiger partial charge < -0.3 is 20.9 Å². The molecule has 1 aromatic carbocycles. The molecule has 130 valence electrons. The van der Waals surface area contributed by atoms with Crippen LogP contribution < -0.4 is 10.5 Å². The molecule has 0 aliphatic carbocycles. The number of hydrogen-bond acceptors (Lipinski definition) is 4. The summed E-state index contributed by atoms with van der Waals surface area (Å²) in [6, 6.07) is 6.09. The Hall–Kier alpha value is -3.00. The Morgan fingerprint density at radius 3 is 2.60 bits per heavy atom. The van der Waals surface area contributed by atoms with E-state index in [-0.39, 0.29) is 0 Å². The maximum Gasteiger partial charge on any atom is 0.122 e. The third-order valence-electron chi connectivity index (χ3n) is 4.45. The molecule has 0 bridgehead atoms. The van der Waals surface area contributed by atoms with E-state index in [1.807, 2.05) is 39.0 Å². The Kier molecular flexibility index (Phi) is 5.33. The molecule has 0 unspecified atom stereocenters. The van der Waals surface area contributed by atoms with E-state index in [0.717, 1.165) is 33.7 Å². The van der Waals surface area contributed by atoms with Crippen molar-refractivity contribution in [1.82, 2.24) is 4.98 Å². The molecule has 0 amide bonds. The number of rotatable bonds is 5. The van der Waals surface area contributed by atoms with Gasteiger partial charge in [0.2, 0.25) is 0 Å². The van der Waals surface area contributed by atoms with Crippen molar-refractivity contribution < 1.29 is 4.74 Å². The first kappa shape index (κ1) is 18.3. The van der Waals surface area contributed by atoms with E-state index in [1.54, 1.807) is 14.0 Å². The van der Waals surface area contributed by atoms with Crippen LogP contribution in [-0.4, -0.2) is 17.8 Å². The minimum atomic E-state index is 0.406. The number of anilines is 1. The van der Waals surface area contributed by atoms with Gasteiger partial charge in [-0.1, -0.05) is 13.0 Å². The van der Waals surface area contributed by atoms with Crippen LogP contribution in [0.3, 0.4) is 0 Å². The summed E-state index contributed by atoms with van der Waals surface area (Å²) in [5.41, 5.74) is 12.8. The highest BCUT2D eigenvalue weighted by molar-refractivity contribution is 6.00. The number of aromatic nitrogens is 1. The van der Waals surface area contributed by atoms with E-state index in [9.17, 15) is 5.26 Å². The molecule has 0 aliphatic heterocycles. The molecule has 5 nitrogen and oxygen atoms in total. The Morgan fingerprint density at radius 1 is 1.40 bits per heavy atom. The topological polar surface area (TPSA) is 98.7 Å². The lowest BCUT2D eigenvalue weighted by Crippen LogP contribution is -1.96. The van der Waals surface area contributed by atoms with E-state index < -0.39 is 0 Å². The molecule has 25 heavy (non-hydrogen) atoms. The maximum absolute atomic E-state index is 9.57. The maximum atomic E-state index is 9.57. The summed E-state index contributed by atoms with van der Waals surface area (Å²) in [7, 11) is 1.63. The standard InChI is InChI=1S/C20H24N4O/c1-6-14(13(4)22)9-16-15(10-21)19(23)20(24-16)18-11(2)7-8-17(25-5)12(18)3/h7-9,22,24H,6,23H2,1-5H3/b14-9-,22-13?. The number of aromatic amines is 1. The van der Waals surface area contributed by atoms with Crippen LogP contribution in [0, 0.1) is 30.6 Å². The molecule has 2 aromatic rings. The molecular weight excluding hydrogens is 312 g/mol. The smallest absolute Gasteiger partial charge is 0.122 e. The fourth-order valence-corrected chi connectivity index (χ4v) is 3.04. The number of nitrogens with one attached hydrogen (secondary N) is 2. The van der Waals surface area contributed by atoms with E-state index in [0.29, 0.717) is 29.1 Å². The van der Waals surface area contributed by atoms with E-state index in [4.69, 9.17) is 15.9 Å². The van der Waals surface area contributed by atoms with Gasteiger partial charge in [-0.3, -0.25) is 0 Å². The van der Waals surface area contributed by atoms with Crippen molar-refractivity contribution in [2.75, 3.05) is 12.8 Å². The minimum absolute atomic E-state index is 0.406. The van der Waals surface area contributed by atoms with Crippen molar-refractivity contribution in [3.63, 3.8) is 0 Å². The van der Waals surface area contributed by atoms with Crippen molar-refractivity contribution in [2.45, 2.75) is 34.1 Å². The average Bonchev–Trinajstić information content (AvgIpc) is 2.88. The first-order valence-corrected chi connectivity index (χ1v) is 8.17. The van der Waals surface area contributed by atoms with E-state index >= 15 is 0 Å². The quantitative estimate of drug-likeness (QED) is 0.696. The van der Waals surface area contributed by atoms with Crippen LogP contribution in [0.25, 0.3) is 17.3 Å². The largest absolute Gasteiger partial charge is 0.496 e. The Bertz CT molecular complexity index is 897. The predicted molar refractivity (Wildman–Crippen MR) is 103 cm³/mol. The number of nitriles is 1. The summed E-state index contributed by atoms with van der Waals surface area (Å²) in [6.07, 6.45) is 2.55. The third kappa shape index (κ3) is 3.29. The van der Waals surface area contributed by atoms with Gasteiger partial charge >= 0.3 is 0 Å². The summed E-state index contributed by atoms with van der Waals surface area (Å²) in [6.45, 7) is 7.70. The molecule has 1 aromatic heterocycles. The van der Waals surface area contributed by atoms with Crippen LogP contribution in [0.1, 0.15) is 42.7 Å². The molecule has 0 saturated heterocycles. The number of nitrogens with two attached hydrogens (primary N) is 1. The van der Waals surface area contributed by atoms with Crippen molar-refractivity contribution >= 4 is 17.5 Å². The monoisotopic (exact) mass is 336 g/mol. The molecule has 0 aliphatic rings. The molecule has 0 saturated carbocycles. The number of methoxy groups -OCH3 is 1. The number of benzene rings is 1. The molecule has 0 radical (unpaired) electrons. The van der Waals surface area contributed by atoms with Crippen LogP contribution in [-0.2, 0) is 0 Å². The van der Waals surface area contributed by atoms with Crippen molar-refractivity contribution in [3.05, 3.63) is 40.1 Å². The Morgan fingerprint density at radius 2 is 2.08 bits per heavy atom. The number of allylic oxidation sites excluding steroid dienone is 1. The van der Waals surface area contributed by atoms with Crippen LogP contribution in [0.5, 0.6) is 5.75 Å². The highest BCUT2D eigenvalue weighted by atomic mass is 16.5. The second kappa shape index (κ2) is 7.27.